The third-order valence-corrected chi connectivity index (χ3v) is 3.11. The molecule has 0 spiro atoms. The Morgan fingerprint density at radius 3 is 2.83 bits per heavy atom. The van der Waals surface area contributed by atoms with Crippen LogP contribution in [-0.2, 0) is 0 Å². The summed E-state index contributed by atoms with van der Waals surface area (Å²) in [6.45, 7) is 1.93. The van der Waals surface area contributed by atoms with Gasteiger partial charge in [-0.05, 0) is 36.8 Å². The standard InChI is InChI=1S/C13H10BrClN2O/c1-8-4-9(6-10(14)5-8)13(18)17-12-7-16-3-2-11(12)15/h2-7H,1H3,(H,17,18). The topological polar surface area (TPSA) is 42.0 Å². The monoisotopic (exact) mass is 324 g/mol. The highest BCUT2D eigenvalue weighted by Gasteiger charge is 2.09. The van der Waals surface area contributed by atoms with E-state index in [-0.39, 0.29) is 5.91 Å². The molecular weight excluding hydrogens is 316 g/mol. The van der Waals surface area contributed by atoms with E-state index in [1.165, 1.54) is 6.20 Å². The van der Waals surface area contributed by atoms with Gasteiger partial charge in [-0.2, -0.15) is 0 Å². The zero-order chi connectivity index (χ0) is 13.1. The highest BCUT2D eigenvalue weighted by Crippen LogP contribution is 2.21. The molecule has 0 aliphatic carbocycles. The minimum absolute atomic E-state index is 0.214. The van der Waals surface area contributed by atoms with Gasteiger partial charge in [0.2, 0.25) is 0 Å². The van der Waals surface area contributed by atoms with Gasteiger partial charge in [0.25, 0.3) is 5.91 Å². The summed E-state index contributed by atoms with van der Waals surface area (Å²) < 4.78 is 0.866. The van der Waals surface area contributed by atoms with Gasteiger partial charge < -0.3 is 5.32 Å². The number of anilines is 1. The van der Waals surface area contributed by atoms with Crippen molar-refractivity contribution in [3.63, 3.8) is 0 Å². The highest BCUT2D eigenvalue weighted by molar-refractivity contribution is 9.10. The van der Waals surface area contributed by atoms with Crippen molar-refractivity contribution in [2.75, 3.05) is 5.32 Å². The first-order valence-electron chi connectivity index (χ1n) is 5.24. The maximum atomic E-state index is 12.1. The zero-order valence-corrected chi connectivity index (χ0v) is 11.9. The van der Waals surface area contributed by atoms with Crippen LogP contribution in [0.2, 0.25) is 5.02 Å². The van der Waals surface area contributed by atoms with Crippen molar-refractivity contribution in [2.45, 2.75) is 6.92 Å². The normalized spacial score (nSPS) is 10.2. The van der Waals surface area contributed by atoms with E-state index in [0.29, 0.717) is 16.3 Å². The number of hydrogen-bond acceptors (Lipinski definition) is 2. The van der Waals surface area contributed by atoms with Gasteiger partial charge in [0.15, 0.2) is 0 Å². The third kappa shape index (κ3) is 3.09. The zero-order valence-electron chi connectivity index (χ0n) is 9.58. The lowest BCUT2D eigenvalue weighted by Crippen LogP contribution is -2.12. The van der Waals surface area contributed by atoms with Crippen LogP contribution in [0.4, 0.5) is 5.69 Å². The number of aryl methyl sites for hydroxylation is 1. The number of halogens is 2. The van der Waals surface area contributed by atoms with Gasteiger partial charge in [0, 0.05) is 16.2 Å². The molecule has 0 bridgehead atoms. The van der Waals surface area contributed by atoms with E-state index in [1.54, 1.807) is 18.3 Å². The Morgan fingerprint density at radius 2 is 2.17 bits per heavy atom. The number of carbonyl (C=O) groups is 1. The molecule has 0 saturated carbocycles. The lowest BCUT2D eigenvalue weighted by Gasteiger charge is -2.07. The molecule has 0 unspecified atom stereocenters. The second kappa shape index (κ2) is 5.50. The molecule has 0 aliphatic heterocycles. The first kappa shape index (κ1) is 13.1. The number of nitrogens with one attached hydrogen (secondary N) is 1. The molecule has 0 aliphatic rings. The lowest BCUT2D eigenvalue weighted by molar-refractivity contribution is 0.102. The van der Waals surface area contributed by atoms with Crippen molar-refractivity contribution in [3.8, 4) is 0 Å². The molecule has 1 aromatic heterocycles. The Hall–Kier alpha value is -1.39. The van der Waals surface area contributed by atoms with Crippen LogP contribution in [0.15, 0.2) is 41.1 Å². The molecule has 1 aromatic carbocycles. The van der Waals surface area contributed by atoms with E-state index in [0.717, 1.165) is 10.0 Å². The van der Waals surface area contributed by atoms with Crippen LogP contribution in [-0.4, -0.2) is 10.9 Å². The number of aromatic nitrogens is 1. The number of nitrogens with zero attached hydrogens (tertiary/aromatic N) is 1. The average molecular weight is 326 g/mol. The van der Waals surface area contributed by atoms with Crippen LogP contribution in [0.5, 0.6) is 0 Å². The van der Waals surface area contributed by atoms with Gasteiger partial charge >= 0.3 is 0 Å². The molecule has 92 valence electrons. The fourth-order valence-corrected chi connectivity index (χ4v) is 2.29. The summed E-state index contributed by atoms with van der Waals surface area (Å²) in [5.74, 6) is -0.214. The van der Waals surface area contributed by atoms with Gasteiger partial charge in [-0.1, -0.05) is 27.5 Å². The molecule has 1 heterocycles. The van der Waals surface area contributed by atoms with Gasteiger partial charge in [0.1, 0.15) is 0 Å². The van der Waals surface area contributed by atoms with Crippen molar-refractivity contribution in [1.82, 2.24) is 4.98 Å². The summed E-state index contributed by atoms with van der Waals surface area (Å²) >= 11 is 9.32. The molecule has 1 N–H and O–H groups in total. The second-order valence-corrected chi connectivity index (χ2v) is 5.15. The van der Waals surface area contributed by atoms with Gasteiger partial charge in [-0.25, -0.2) is 0 Å². The Balaban J connectivity index is 2.25. The van der Waals surface area contributed by atoms with Crippen molar-refractivity contribution in [1.29, 1.82) is 0 Å². The van der Waals surface area contributed by atoms with Gasteiger partial charge in [-0.15, -0.1) is 0 Å². The number of rotatable bonds is 2. The maximum absolute atomic E-state index is 12.1. The molecule has 1 amide bonds. The summed E-state index contributed by atoms with van der Waals surface area (Å²) in [6.07, 6.45) is 3.09. The van der Waals surface area contributed by atoms with Gasteiger partial charge in [-0.3, -0.25) is 9.78 Å². The van der Waals surface area contributed by atoms with Crippen molar-refractivity contribution in [3.05, 3.63) is 57.3 Å². The second-order valence-electron chi connectivity index (χ2n) is 3.83. The molecule has 0 atom stereocenters. The SMILES string of the molecule is Cc1cc(Br)cc(C(=O)Nc2cnccc2Cl)c1. The number of hydrogen-bond donors (Lipinski definition) is 1. The molecule has 0 radical (unpaired) electrons. The maximum Gasteiger partial charge on any atom is 0.255 e. The largest absolute Gasteiger partial charge is 0.319 e. The van der Waals surface area contributed by atoms with Gasteiger partial charge in [0.05, 0.1) is 16.9 Å². The van der Waals surface area contributed by atoms with Crippen LogP contribution in [0.3, 0.4) is 0 Å². The molecular formula is C13H10BrClN2O. The smallest absolute Gasteiger partial charge is 0.255 e. The summed E-state index contributed by atoms with van der Waals surface area (Å²) in [5.41, 5.74) is 2.08. The third-order valence-electron chi connectivity index (χ3n) is 2.32. The minimum Gasteiger partial charge on any atom is -0.319 e. The molecule has 0 fully saturated rings. The van der Waals surface area contributed by atoms with Crippen molar-refractivity contribution in [2.24, 2.45) is 0 Å². The van der Waals surface area contributed by atoms with E-state index in [4.69, 9.17) is 11.6 Å². The highest BCUT2D eigenvalue weighted by atomic mass is 79.9. The fourth-order valence-electron chi connectivity index (χ4n) is 1.53. The predicted molar refractivity (Wildman–Crippen MR) is 76.1 cm³/mol. The minimum atomic E-state index is -0.214. The first-order valence-corrected chi connectivity index (χ1v) is 6.41. The quantitative estimate of drug-likeness (QED) is 0.905. The van der Waals surface area contributed by atoms with E-state index in [9.17, 15) is 4.79 Å². The first-order chi connectivity index (χ1) is 8.56. The molecule has 5 heteroatoms. The van der Waals surface area contributed by atoms with E-state index >= 15 is 0 Å². The number of amides is 1. The Labute approximate surface area is 118 Å². The summed E-state index contributed by atoms with van der Waals surface area (Å²) in [6, 6.07) is 7.13. The van der Waals surface area contributed by atoms with Crippen LogP contribution >= 0.6 is 27.5 Å². The molecule has 2 aromatic rings. The molecule has 3 nitrogen and oxygen atoms in total. The number of benzene rings is 1. The molecule has 0 saturated heterocycles. The van der Waals surface area contributed by atoms with E-state index < -0.39 is 0 Å². The lowest BCUT2D eigenvalue weighted by atomic mass is 10.1. The van der Waals surface area contributed by atoms with E-state index in [2.05, 4.69) is 26.2 Å². The summed E-state index contributed by atoms with van der Waals surface area (Å²) in [4.78, 5) is 16.0. The predicted octanol–water partition coefficient (Wildman–Crippen LogP) is 4.06. The molecule has 2 rings (SSSR count). The fraction of sp³-hybridized carbons (Fsp3) is 0.0769. The average Bonchev–Trinajstić information content (AvgIpc) is 2.31. The summed E-state index contributed by atoms with van der Waals surface area (Å²) in [7, 11) is 0. The number of pyridine rings is 1. The van der Waals surface area contributed by atoms with Crippen LogP contribution in [0.25, 0.3) is 0 Å². The Bertz CT molecular complexity index is 581. The number of carbonyl (C=O) groups excluding carboxylic acids is 1. The Kier molecular flexibility index (Phi) is 3.99. The van der Waals surface area contributed by atoms with Crippen LogP contribution in [0.1, 0.15) is 15.9 Å². The summed E-state index contributed by atoms with van der Waals surface area (Å²) in [5, 5.41) is 3.19. The van der Waals surface area contributed by atoms with Crippen molar-refractivity contribution >= 4 is 39.1 Å². The Morgan fingerprint density at radius 1 is 1.39 bits per heavy atom. The van der Waals surface area contributed by atoms with Crippen LogP contribution in [0, 0.1) is 6.92 Å². The molecule has 18 heavy (non-hydrogen) atoms. The van der Waals surface area contributed by atoms with Crippen LogP contribution < -0.4 is 5.32 Å². The van der Waals surface area contributed by atoms with E-state index in [1.807, 2.05) is 19.1 Å². The van der Waals surface area contributed by atoms with Crippen molar-refractivity contribution < 1.29 is 4.79 Å².